The van der Waals surface area contributed by atoms with Gasteiger partial charge in [-0.25, -0.2) is 8.42 Å². The summed E-state index contributed by atoms with van der Waals surface area (Å²) >= 11 is 0. The highest BCUT2D eigenvalue weighted by Gasteiger charge is 2.24. The van der Waals surface area contributed by atoms with E-state index < -0.39 is 20.6 Å². The molecule has 1 aliphatic rings. The Morgan fingerprint density at radius 1 is 0.677 bits per heavy atom. The van der Waals surface area contributed by atoms with Gasteiger partial charge in [0.25, 0.3) is 0 Å². The molecule has 0 amide bonds. The molecular weight excluding hydrogens is 428 g/mol. The minimum Gasteiger partial charge on any atom is -0.455 e. The smallest absolute Gasteiger partial charge is 0.210 e. The lowest BCUT2D eigenvalue weighted by Gasteiger charge is -2.16. The summed E-state index contributed by atoms with van der Waals surface area (Å²) in [4.78, 5) is 0.736. The van der Waals surface area contributed by atoms with Crippen LogP contribution in [0.1, 0.15) is 0 Å². The Kier molecular flexibility index (Phi) is 6.30. The van der Waals surface area contributed by atoms with Gasteiger partial charge in [-0.15, -0.1) is 0 Å². The largest absolute Gasteiger partial charge is 0.455 e. The fourth-order valence-electron chi connectivity index (χ4n) is 3.13. The molecule has 3 aromatic rings. The molecule has 0 saturated heterocycles. The summed E-state index contributed by atoms with van der Waals surface area (Å²) in [6.45, 7) is 0. The van der Waals surface area contributed by atoms with Crippen LogP contribution in [0.15, 0.2) is 130 Å². The van der Waals surface area contributed by atoms with Crippen LogP contribution < -0.4 is 4.74 Å². The lowest BCUT2D eigenvalue weighted by molar-refractivity contribution is 0.455. The lowest BCUT2D eigenvalue weighted by atomic mass is 10.3. The monoisotopic (exact) mass is 448 g/mol. The number of hydrogen-bond acceptors (Lipinski definition) is 4. The van der Waals surface area contributed by atoms with Crippen LogP contribution in [0.3, 0.4) is 0 Å². The SMILES string of the molecule is O=S(c1ccccc1Oc1ccccc1S(=O)(=O)c1ccccc1)C1C=CC=CC=C1. The highest BCUT2D eigenvalue weighted by Crippen LogP contribution is 2.35. The van der Waals surface area contributed by atoms with E-state index in [4.69, 9.17) is 4.74 Å². The van der Waals surface area contributed by atoms with Gasteiger partial charge in [0.2, 0.25) is 9.84 Å². The van der Waals surface area contributed by atoms with Crippen molar-refractivity contribution in [2.75, 3.05) is 0 Å². The molecule has 0 saturated carbocycles. The Bertz CT molecular complexity index is 1270. The molecule has 156 valence electrons. The molecule has 0 aromatic heterocycles. The van der Waals surface area contributed by atoms with Gasteiger partial charge >= 0.3 is 0 Å². The fraction of sp³-hybridized carbons (Fsp3) is 0.0400. The third-order valence-electron chi connectivity index (χ3n) is 4.66. The van der Waals surface area contributed by atoms with Crippen LogP contribution in [-0.2, 0) is 20.6 Å². The third-order valence-corrected chi connectivity index (χ3v) is 8.05. The minimum absolute atomic E-state index is 0.0558. The number of para-hydroxylation sites is 2. The van der Waals surface area contributed by atoms with Gasteiger partial charge in [0, 0.05) is 0 Å². The summed E-state index contributed by atoms with van der Waals surface area (Å²) in [6, 6.07) is 21.7. The maximum absolute atomic E-state index is 13.2. The number of benzene rings is 3. The van der Waals surface area contributed by atoms with Crippen LogP contribution in [-0.4, -0.2) is 17.9 Å². The summed E-state index contributed by atoms with van der Waals surface area (Å²) in [7, 11) is -5.20. The molecule has 0 fully saturated rings. The Morgan fingerprint density at radius 2 is 1.26 bits per heavy atom. The summed E-state index contributed by atoms with van der Waals surface area (Å²) in [5.74, 6) is 0.542. The Hall–Kier alpha value is -3.22. The van der Waals surface area contributed by atoms with E-state index in [1.54, 1.807) is 72.8 Å². The first kappa shape index (κ1) is 21.0. The summed E-state index contributed by atoms with van der Waals surface area (Å²) < 4.78 is 45.7. The van der Waals surface area contributed by atoms with Crippen LogP contribution >= 0.6 is 0 Å². The van der Waals surface area contributed by atoms with Crippen molar-refractivity contribution in [1.82, 2.24) is 0 Å². The average molecular weight is 449 g/mol. The standard InChI is InChI=1S/C25H20O4S2/c26-30(20-12-4-1-2-5-13-20)24-18-10-8-16-22(24)29-23-17-9-11-19-25(23)31(27,28)21-14-6-3-7-15-21/h1-20H. The third kappa shape index (κ3) is 4.60. The van der Waals surface area contributed by atoms with Crippen molar-refractivity contribution in [2.24, 2.45) is 0 Å². The van der Waals surface area contributed by atoms with Gasteiger partial charge in [-0.1, -0.05) is 78.9 Å². The molecule has 0 heterocycles. The molecule has 0 N–H and O–H groups in total. The zero-order valence-electron chi connectivity index (χ0n) is 16.5. The Labute approximate surface area is 184 Å². The maximum Gasteiger partial charge on any atom is 0.210 e. The van der Waals surface area contributed by atoms with Crippen molar-refractivity contribution in [3.05, 3.63) is 115 Å². The van der Waals surface area contributed by atoms with Gasteiger partial charge in [-0.3, -0.25) is 4.21 Å². The van der Waals surface area contributed by atoms with E-state index in [-0.39, 0.29) is 20.8 Å². The molecule has 4 nitrogen and oxygen atoms in total. The molecule has 1 aliphatic carbocycles. The highest BCUT2D eigenvalue weighted by atomic mass is 32.2. The van der Waals surface area contributed by atoms with Crippen molar-refractivity contribution < 1.29 is 17.4 Å². The van der Waals surface area contributed by atoms with E-state index in [2.05, 4.69) is 0 Å². The minimum atomic E-state index is -3.78. The van der Waals surface area contributed by atoms with E-state index in [1.807, 2.05) is 36.5 Å². The number of rotatable bonds is 6. The van der Waals surface area contributed by atoms with Gasteiger partial charge in [0.1, 0.15) is 16.4 Å². The van der Waals surface area contributed by atoms with Crippen LogP contribution in [0.25, 0.3) is 0 Å². The van der Waals surface area contributed by atoms with Crippen LogP contribution in [0.2, 0.25) is 0 Å². The van der Waals surface area contributed by atoms with E-state index >= 15 is 0 Å². The summed E-state index contributed by atoms with van der Waals surface area (Å²) in [5.41, 5.74) is 0. The van der Waals surface area contributed by atoms with Gasteiger partial charge in [-0.05, 0) is 36.4 Å². The van der Waals surface area contributed by atoms with Crippen LogP contribution in [0, 0.1) is 0 Å². The van der Waals surface area contributed by atoms with Gasteiger partial charge in [-0.2, -0.15) is 0 Å². The number of allylic oxidation sites excluding steroid dienone is 4. The molecule has 6 heteroatoms. The zero-order chi connectivity index (χ0) is 21.7. The maximum atomic E-state index is 13.2. The predicted molar refractivity (Wildman–Crippen MR) is 122 cm³/mol. The van der Waals surface area contributed by atoms with Gasteiger partial charge < -0.3 is 4.74 Å². The molecular formula is C25H20O4S2. The normalized spacial score (nSPS) is 14.8. The summed E-state index contributed by atoms with van der Waals surface area (Å²) in [5, 5.41) is -0.317. The highest BCUT2D eigenvalue weighted by molar-refractivity contribution is 7.91. The molecule has 0 radical (unpaired) electrons. The topological polar surface area (TPSA) is 60.4 Å². The number of ether oxygens (including phenoxy) is 1. The first-order valence-corrected chi connectivity index (χ1v) is 12.4. The molecule has 0 aliphatic heterocycles. The quantitative estimate of drug-likeness (QED) is 0.502. The molecule has 0 bridgehead atoms. The number of hydrogen-bond donors (Lipinski definition) is 0. The lowest BCUT2D eigenvalue weighted by Crippen LogP contribution is -2.10. The van der Waals surface area contributed by atoms with E-state index in [0.717, 1.165) is 0 Å². The van der Waals surface area contributed by atoms with E-state index in [1.165, 1.54) is 6.07 Å². The molecule has 4 rings (SSSR count). The van der Waals surface area contributed by atoms with E-state index in [0.29, 0.717) is 10.6 Å². The molecule has 1 unspecified atom stereocenters. The van der Waals surface area contributed by atoms with Crippen molar-refractivity contribution in [3.8, 4) is 11.5 Å². The van der Waals surface area contributed by atoms with Crippen molar-refractivity contribution in [1.29, 1.82) is 0 Å². The Morgan fingerprint density at radius 3 is 1.97 bits per heavy atom. The van der Waals surface area contributed by atoms with Crippen molar-refractivity contribution in [3.63, 3.8) is 0 Å². The van der Waals surface area contributed by atoms with Crippen LogP contribution in [0.4, 0.5) is 0 Å². The number of sulfone groups is 1. The van der Waals surface area contributed by atoms with Crippen molar-refractivity contribution >= 4 is 20.6 Å². The van der Waals surface area contributed by atoms with E-state index in [9.17, 15) is 12.6 Å². The first-order chi connectivity index (χ1) is 15.1. The molecule has 3 aromatic carbocycles. The second-order valence-corrected chi connectivity index (χ2v) is 10.2. The second kappa shape index (κ2) is 9.29. The van der Waals surface area contributed by atoms with Crippen LogP contribution in [0.5, 0.6) is 11.5 Å². The average Bonchev–Trinajstić information content (AvgIpc) is 3.10. The predicted octanol–water partition coefficient (Wildman–Crippen LogP) is 5.47. The van der Waals surface area contributed by atoms with Gasteiger partial charge in [0.15, 0.2) is 0 Å². The van der Waals surface area contributed by atoms with Gasteiger partial charge in [0.05, 0.1) is 25.8 Å². The molecule has 0 spiro atoms. The molecule has 31 heavy (non-hydrogen) atoms. The molecule has 1 atom stereocenters. The van der Waals surface area contributed by atoms with Crippen molar-refractivity contribution in [2.45, 2.75) is 19.9 Å². The summed E-state index contributed by atoms with van der Waals surface area (Å²) in [6.07, 6.45) is 11.2. The Balaban J connectivity index is 1.72. The second-order valence-electron chi connectivity index (χ2n) is 6.73. The first-order valence-electron chi connectivity index (χ1n) is 9.66. The zero-order valence-corrected chi connectivity index (χ0v) is 18.1. The fourth-order valence-corrected chi connectivity index (χ4v) is 5.81.